The SMILES string of the molecule is CCOC(=O)C(C)(CN)CCC(C)O. The van der Waals surface area contributed by atoms with Crippen LogP contribution in [0.4, 0.5) is 0 Å². The van der Waals surface area contributed by atoms with Gasteiger partial charge in [-0.05, 0) is 33.6 Å². The summed E-state index contributed by atoms with van der Waals surface area (Å²) < 4.78 is 4.93. The molecule has 0 bridgehead atoms. The van der Waals surface area contributed by atoms with Gasteiger partial charge in [-0.2, -0.15) is 0 Å². The number of aliphatic hydroxyl groups is 1. The van der Waals surface area contributed by atoms with Crippen molar-refractivity contribution in [3.8, 4) is 0 Å². The first kappa shape index (κ1) is 13.4. The van der Waals surface area contributed by atoms with Crippen LogP contribution < -0.4 is 5.73 Å². The summed E-state index contributed by atoms with van der Waals surface area (Å²) in [7, 11) is 0. The van der Waals surface area contributed by atoms with Gasteiger partial charge in [0.15, 0.2) is 0 Å². The second-order valence-corrected chi connectivity index (χ2v) is 3.87. The van der Waals surface area contributed by atoms with Crippen LogP contribution >= 0.6 is 0 Å². The van der Waals surface area contributed by atoms with E-state index >= 15 is 0 Å². The molecule has 0 rings (SSSR count). The number of hydrogen-bond donors (Lipinski definition) is 2. The first-order chi connectivity index (χ1) is 6.46. The Balaban J connectivity index is 4.23. The highest BCUT2D eigenvalue weighted by atomic mass is 16.5. The maximum Gasteiger partial charge on any atom is 0.313 e. The van der Waals surface area contributed by atoms with Crippen LogP contribution in [-0.2, 0) is 9.53 Å². The van der Waals surface area contributed by atoms with Crippen molar-refractivity contribution < 1.29 is 14.6 Å². The largest absolute Gasteiger partial charge is 0.466 e. The minimum atomic E-state index is -0.660. The topological polar surface area (TPSA) is 72.5 Å². The molecule has 4 heteroatoms. The van der Waals surface area contributed by atoms with Gasteiger partial charge in [-0.1, -0.05) is 0 Å². The Hall–Kier alpha value is -0.610. The van der Waals surface area contributed by atoms with Crippen molar-refractivity contribution in [2.45, 2.75) is 39.7 Å². The molecular formula is C10H21NO3. The number of ether oxygens (including phenoxy) is 1. The van der Waals surface area contributed by atoms with Crippen LogP contribution in [0.1, 0.15) is 33.6 Å². The highest BCUT2D eigenvalue weighted by Crippen LogP contribution is 2.24. The lowest BCUT2D eigenvalue weighted by molar-refractivity contribution is -0.154. The molecule has 2 unspecified atom stereocenters. The van der Waals surface area contributed by atoms with Gasteiger partial charge >= 0.3 is 5.97 Å². The lowest BCUT2D eigenvalue weighted by Gasteiger charge is -2.25. The predicted octanol–water partition coefficient (Wildman–Crippen LogP) is 0.676. The molecule has 84 valence electrons. The Kier molecular flexibility index (Phi) is 5.72. The van der Waals surface area contributed by atoms with E-state index in [1.807, 2.05) is 0 Å². The molecule has 2 atom stereocenters. The third-order valence-corrected chi connectivity index (χ3v) is 2.33. The van der Waals surface area contributed by atoms with E-state index < -0.39 is 11.5 Å². The molecule has 4 nitrogen and oxygen atoms in total. The molecule has 0 aliphatic carbocycles. The van der Waals surface area contributed by atoms with Gasteiger partial charge in [0.05, 0.1) is 18.1 Å². The zero-order valence-electron chi connectivity index (χ0n) is 9.25. The fourth-order valence-corrected chi connectivity index (χ4v) is 1.12. The van der Waals surface area contributed by atoms with Crippen LogP contribution in [0.3, 0.4) is 0 Å². The average molecular weight is 203 g/mol. The molecule has 0 aromatic heterocycles. The molecule has 0 fully saturated rings. The van der Waals surface area contributed by atoms with Crippen molar-refractivity contribution in [3.05, 3.63) is 0 Å². The van der Waals surface area contributed by atoms with Crippen molar-refractivity contribution >= 4 is 5.97 Å². The second kappa shape index (κ2) is 5.98. The fraction of sp³-hybridized carbons (Fsp3) is 0.900. The number of hydrogen-bond acceptors (Lipinski definition) is 4. The molecule has 0 heterocycles. The smallest absolute Gasteiger partial charge is 0.313 e. The van der Waals surface area contributed by atoms with Gasteiger partial charge in [0.25, 0.3) is 0 Å². The van der Waals surface area contributed by atoms with E-state index in [0.29, 0.717) is 19.4 Å². The van der Waals surface area contributed by atoms with Crippen LogP contribution in [0.5, 0.6) is 0 Å². The van der Waals surface area contributed by atoms with E-state index in [-0.39, 0.29) is 12.5 Å². The zero-order valence-corrected chi connectivity index (χ0v) is 9.25. The average Bonchev–Trinajstić information content (AvgIpc) is 2.14. The molecule has 3 N–H and O–H groups in total. The standard InChI is InChI=1S/C10H21NO3/c1-4-14-9(13)10(3,7-11)6-5-8(2)12/h8,12H,4-7,11H2,1-3H3. The first-order valence-electron chi connectivity index (χ1n) is 5.01. The number of carbonyl (C=O) groups excluding carboxylic acids is 1. The van der Waals surface area contributed by atoms with Gasteiger partial charge < -0.3 is 15.6 Å². The lowest BCUT2D eigenvalue weighted by Crippen LogP contribution is -2.37. The van der Waals surface area contributed by atoms with Crippen molar-refractivity contribution in [2.24, 2.45) is 11.1 Å². The normalized spacial score (nSPS) is 17.2. The predicted molar refractivity (Wildman–Crippen MR) is 54.7 cm³/mol. The maximum atomic E-state index is 11.5. The van der Waals surface area contributed by atoms with Crippen molar-refractivity contribution in [3.63, 3.8) is 0 Å². The Morgan fingerprint density at radius 3 is 2.57 bits per heavy atom. The molecule has 0 amide bonds. The van der Waals surface area contributed by atoms with Gasteiger partial charge in [-0.25, -0.2) is 0 Å². The van der Waals surface area contributed by atoms with E-state index in [1.165, 1.54) is 0 Å². The molecule has 0 aromatic carbocycles. The summed E-state index contributed by atoms with van der Waals surface area (Å²) >= 11 is 0. The second-order valence-electron chi connectivity index (χ2n) is 3.87. The minimum Gasteiger partial charge on any atom is -0.466 e. The lowest BCUT2D eigenvalue weighted by atomic mass is 9.84. The third kappa shape index (κ3) is 4.07. The Labute approximate surface area is 85.4 Å². The van der Waals surface area contributed by atoms with Crippen LogP contribution in [0.25, 0.3) is 0 Å². The molecule has 14 heavy (non-hydrogen) atoms. The summed E-state index contributed by atoms with van der Waals surface area (Å²) in [6, 6.07) is 0. The Morgan fingerprint density at radius 2 is 2.21 bits per heavy atom. The monoisotopic (exact) mass is 203 g/mol. The molecule has 0 saturated carbocycles. The van der Waals surface area contributed by atoms with Gasteiger partial charge in [-0.15, -0.1) is 0 Å². The van der Waals surface area contributed by atoms with Crippen LogP contribution in [0.2, 0.25) is 0 Å². The van der Waals surface area contributed by atoms with Gasteiger partial charge in [0, 0.05) is 6.54 Å². The van der Waals surface area contributed by atoms with Crippen LogP contribution in [0.15, 0.2) is 0 Å². The van der Waals surface area contributed by atoms with E-state index in [2.05, 4.69) is 0 Å². The molecule has 0 radical (unpaired) electrons. The number of aliphatic hydroxyl groups excluding tert-OH is 1. The molecule has 0 aliphatic heterocycles. The van der Waals surface area contributed by atoms with E-state index in [9.17, 15) is 4.79 Å². The van der Waals surface area contributed by atoms with E-state index in [4.69, 9.17) is 15.6 Å². The van der Waals surface area contributed by atoms with E-state index in [1.54, 1.807) is 20.8 Å². The molecule has 0 aliphatic rings. The van der Waals surface area contributed by atoms with Crippen molar-refractivity contribution in [1.29, 1.82) is 0 Å². The summed E-state index contributed by atoms with van der Waals surface area (Å²) in [6.45, 7) is 5.85. The molecule has 0 spiro atoms. The minimum absolute atomic E-state index is 0.249. The third-order valence-electron chi connectivity index (χ3n) is 2.33. The summed E-state index contributed by atoms with van der Waals surface area (Å²) in [6.07, 6.45) is 0.710. The maximum absolute atomic E-state index is 11.5. The number of carbonyl (C=O) groups is 1. The summed E-state index contributed by atoms with van der Waals surface area (Å²) in [5.74, 6) is -0.275. The van der Waals surface area contributed by atoms with Crippen molar-refractivity contribution in [2.75, 3.05) is 13.2 Å². The fourth-order valence-electron chi connectivity index (χ4n) is 1.12. The van der Waals surface area contributed by atoms with Gasteiger partial charge in [0.1, 0.15) is 0 Å². The summed E-state index contributed by atoms with van der Waals surface area (Å²) in [5, 5.41) is 9.13. The van der Waals surface area contributed by atoms with Crippen LogP contribution in [-0.4, -0.2) is 30.3 Å². The summed E-state index contributed by atoms with van der Waals surface area (Å²) in [5.41, 5.74) is 4.88. The van der Waals surface area contributed by atoms with Crippen molar-refractivity contribution in [1.82, 2.24) is 0 Å². The Bertz CT molecular complexity index is 182. The van der Waals surface area contributed by atoms with E-state index in [0.717, 1.165) is 0 Å². The Morgan fingerprint density at radius 1 is 1.64 bits per heavy atom. The quantitative estimate of drug-likeness (QED) is 0.622. The molecular weight excluding hydrogens is 182 g/mol. The highest BCUT2D eigenvalue weighted by Gasteiger charge is 2.33. The van der Waals surface area contributed by atoms with Gasteiger partial charge in [-0.3, -0.25) is 4.79 Å². The molecule has 0 saturated heterocycles. The zero-order chi connectivity index (χ0) is 11.2. The first-order valence-corrected chi connectivity index (χ1v) is 5.01. The highest BCUT2D eigenvalue weighted by molar-refractivity contribution is 5.76. The van der Waals surface area contributed by atoms with Crippen LogP contribution in [0, 0.1) is 5.41 Å². The van der Waals surface area contributed by atoms with Gasteiger partial charge in [0.2, 0.25) is 0 Å². The number of esters is 1. The summed E-state index contributed by atoms with van der Waals surface area (Å²) in [4.78, 5) is 11.5. The molecule has 0 aromatic rings. The number of rotatable bonds is 6. The number of nitrogens with two attached hydrogens (primary N) is 1.